The van der Waals surface area contributed by atoms with Crippen LogP contribution in [0.2, 0.25) is 0 Å². The average Bonchev–Trinajstić information content (AvgIpc) is 2.62. The Balaban J connectivity index is 1.75. The van der Waals surface area contributed by atoms with Crippen LogP contribution in [0.1, 0.15) is 47.2 Å². The number of nitrogens with two attached hydrogens (primary N) is 1. The van der Waals surface area contributed by atoms with Gasteiger partial charge in [0.15, 0.2) is 5.78 Å². The van der Waals surface area contributed by atoms with E-state index in [4.69, 9.17) is 5.73 Å². The molecule has 1 atom stereocenters. The molecular formula is C20H23N3O. The first-order chi connectivity index (χ1) is 11.6. The van der Waals surface area contributed by atoms with Gasteiger partial charge in [0.05, 0.1) is 11.4 Å². The summed E-state index contributed by atoms with van der Waals surface area (Å²) in [6.07, 6.45) is 4.19. The Bertz CT molecular complexity index is 744. The van der Waals surface area contributed by atoms with Gasteiger partial charge in [0.25, 0.3) is 0 Å². The van der Waals surface area contributed by atoms with Crippen molar-refractivity contribution in [2.45, 2.75) is 25.7 Å². The third-order valence-corrected chi connectivity index (χ3v) is 4.53. The lowest BCUT2D eigenvalue weighted by Crippen LogP contribution is -2.28. The molecule has 0 spiro atoms. The number of nitrogens with one attached hydrogen (secondary N) is 1. The molecule has 3 rings (SSSR count). The lowest BCUT2D eigenvalue weighted by molar-refractivity contribution is 0.101. The average molecular weight is 321 g/mol. The van der Waals surface area contributed by atoms with Crippen LogP contribution in [0.4, 0.5) is 11.4 Å². The van der Waals surface area contributed by atoms with Gasteiger partial charge in [-0.3, -0.25) is 9.79 Å². The van der Waals surface area contributed by atoms with Gasteiger partial charge < -0.3 is 11.1 Å². The predicted octanol–water partition coefficient (Wildman–Crippen LogP) is 3.69. The molecular weight excluding hydrogens is 298 g/mol. The Morgan fingerprint density at radius 1 is 1.25 bits per heavy atom. The van der Waals surface area contributed by atoms with E-state index in [1.165, 1.54) is 25.3 Å². The maximum absolute atomic E-state index is 11.6. The molecule has 4 nitrogen and oxygen atoms in total. The summed E-state index contributed by atoms with van der Waals surface area (Å²) in [5, 5.41) is 3.44. The standard InChI is InChI=1S/C20H23N3O/c1-14(24)19-6-2-4-17(20(19)21)13-23-18-9-7-15(8-10-18)16-5-3-11-22-12-16/h2,4,6-10,13,16,22H,3,5,11-12,21H2,1H3/t16-/m1/s1. The van der Waals surface area contributed by atoms with Gasteiger partial charge in [0.1, 0.15) is 0 Å². The van der Waals surface area contributed by atoms with Crippen molar-refractivity contribution >= 4 is 23.4 Å². The number of aliphatic imine (C=N–C) groups is 1. The smallest absolute Gasteiger partial charge is 0.161 e. The first-order valence-corrected chi connectivity index (χ1v) is 8.39. The van der Waals surface area contributed by atoms with Crippen molar-refractivity contribution in [1.29, 1.82) is 0 Å². The summed E-state index contributed by atoms with van der Waals surface area (Å²) in [4.78, 5) is 16.0. The molecule has 1 aliphatic heterocycles. The van der Waals surface area contributed by atoms with E-state index in [9.17, 15) is 4.79 Å². The number of nitrogens with zero attached hydrogens (tertiary/aromatic N) is 1. The molecule has 1 aliphatic rings. The largest absolute Gasteiger partial charge is 0.398 e. The summed E-state index contributed by atoms with van der Waals surface area (Å²) in [6, 6.07) is 13.8. The van der Waals surface area contributed by atoms with Gasteiger partial charge in [0.2, 0.25) is 0 Å². The number of benzene rings is 2. The lowest BCUT2D eigenvalue weighted by Gasteiger charge is -2.23. The number of para-hydroxylation sites is 1. The first-order valence-electron chi connectivity index (χ1n) is 8.39. The van der Waals surface area contributed by atoms with E-state index in [1.54, 1.807) is 12.3 Å². The Labute approximate surface area is 142 Å². The fourth-order valence-corrected chi connectivity index (χ4v) is 3.12. The van der Waals surface area contributed by atoms with Crippen molar-refractivity contribution in [2.75, 3.05) is 18.8 Å². The minimum absolute atomic E-state index is 0.0341. The zero-order valence-electron chi connectivity index (χ0n) is 14.0. The summed E-state index contributed by atoms with van der Waals surface area (Å²) < 4.78 is 0. The maximum atomic E-state index is 11.6. The van der Waals surface area contributed by atoms with E-state index in [1.807, 2.05) is 24.3 Å². The van der Waals surface area contributed by atoms with Gasteiger partial charge in [-0.05, 0) is 56.0 Å². The molecule has 2 aromatic rings. The van der Waals surface area contributed by atoms with Gasteiger partial charge in [-0.15, -0.1) is 0 Å². The molecule has 24 heavy (non-hydrogen) atoms. The van der Waals surface area contributed by atoms with Gasteiger partial charge in [-0.2, -0.15) is 0 Å². The lowest BCUT2D eigenvalue weighted by atomic mass is 9.92. The highest BCUT2D eigenvalue weighted by atomic mass is 16.1. The Morgan fingerprint density at radius 3 is 2.71 bits per heavy atom. The van der Waals surface area contributed by atoms with Crippen LogP contribution in [-0.2, 0) is 0 Å². The van der Waals surface area contributed by atoms with E-state index < -0.39 is 0 Å². The molecule has 0 unspecified atom stereocenters. The third kappa shape index (κ3) is 3.71. The van der Waals surface area contributed by atoms with E-state index in [0.717, 1.165) is 24.3 Å². The second-order valence-corrected chi connectivity index (χ2v) is 6.26. The molecule has 0 aliphatic carbocycles. The van der Waals surface area contributed by atoms with Crippen molar-refractivity contribution in [3.8, 4) is 0 Å². The maximum Gasteiger partial charge on any atom is 0.161 e. The van der Waals surface area contributed by atoms with Crippen molar-refractivity contribution in [3.63, 3.8) is 0 Å². The van der Waals surface area contributed by atoms with Gasteiger partial charge in [-0.1, -0.05) is 24.3 Å². The molecule has 3 N–H and O–H groups in total. The van der Waals surface area contributed by atoms with Crippen LogP contribution in [0.3, 0.4) is 0 Å². The molecule has 0 radical (unpaired) electrons. The quantitative estimate of drug-likeness (QED) is 0.513. The van der Waals surface area contributed by atoms with Gasteiger partial charge in [0, 0.05) is 23.9 Å². The molecule has 4 heteroatoms. The van der Waals surface area contributed by atoms with Crippen LogP contribution in [0.15, 0.2) is 47.5 Å². The molecule has 0 saturated carbocycles. The molecule has 0 aromatic heterocycles. The van der Waals surface area contributed by atoms with Crippen LogP contribution in [0.25, 0.3) is 0 Å². The van der Waals surface area contributed by atoms with Crippen LogP contribution >= 0.6 is 0 Å². The first kappa shape index (κ1) is 16.4. The number of hydrogen-bond donors (Lipinski definition) is 2. The minimum Gasteiger partial charge on any atom is -0.398 e. The fourth-order valence-electron chi connectivity index (χ4n) is 3.12. The zero-order chi connectivity index (χ0) is 16.9. The highest BCUT2D eigenvalue weighted by Crippen LogP contribution is 2.25. The normalized spacial score (nSPS) is 18.0. The minimum atomic E-state index is -0.0341. The number of hydrogen-bond acceptors (Lipinski definition) is 4. The number of ketones is 1. The van der Waals surface area contributed by atoms with E-state index >= 15 is 0 Å². The summed E-state index contributed by atoms with van der Waals surface area (Å²) >= 11 is 0. The summed E-state index contributed by atoms with van der Waals surface area (Å²) in [6.45, 7) is 3.70. The van der Waals surface area contributed by atoms with Crippen molar-refractivity contribution < 1.29 is 4.79 Å². The Hall–Kier alpha value is -2.46. The van der Waals surface area contributed by atoms with E-state index in [0.29, 0.717) is 17.2 Å². The van der Waals surface area contributed by atoms with E-state index in [-0.39, 0.29) is 5.78 Å². The number of anilines is 1. The molecule has 1 saturated heterocycles. The predicted molar refractivity (Wildman–Crippen MR) is 99.4 cm³/mol. The third-order valence-electron chi connectivity index (χ3n) is 4.53. The highest BCUT2D eigenvalue weighted by molar-refractivity contribution is 6.03. The molecule has 0 amide bonds. The number of carbonyl (C=O) groups excluding carboxylic acids is 1. The number of nitrogen functional groups attached to an aromatic ring is 1. The second-order valence-electron chi connectivity index (χ2n) is 6.26. The molecule has 1 heterocycles. The van der Waals surface area contributed by atoms with Crippen molar-refractivity contribution in [3.05, 3.63) is 59.2 Å². The number of carbonyl (C=O) groups is 1. The fraction of sp³-hybridized carbons (Fsp3) is 0.300. The second kappa shape index (κ2) is 7.41. The molecule has 2 aromatic carbocycles. The topological polar surface area (TPSA) is 67.5 Å². The summed E-state index contributed by atoms with van der Waals surface area (Å²) in [7, 11) is 0. The van der Waals surface area contributed by atoms with Crippen molar-refractivity contribution in [2.24, 2.45) is 4.99 Å². The summed E-state index contributed by atoms with van der Waals surface area (Å²) in [5.74, 6) is 0.563. The monoisotopic (exact) mass is 321 g/mol. The van der Waals surface area contributed by atoms with Crippen LogP contribution in [0.5, 0.6) is 0 Å². The number of rotatable bonds is 4. The number of piperidine rings is 1. The van der Waals surface area contributed by atoms with Crippen molar-refractivity contribution in [1.82, 2.24) is 5.32 Å². The van der Waals surface area contributed by atoms with E-state index in [2.05, 4.69) is 22.4 Å². The Morgan fingerprint density at radius 2 is 2.04 bits per heavy atom. The molecule has 124 valence electrons. The molecule has 1 fully saturated rings. The Kier molecular flexibility index (Phi) is 5.06. The SMILES string of the molecule is CC(=O)c1cccc(C=Nc2ccc([C@@H]3CCCNC3)cc2)c1N. The van der Waals surface area contributed by atoms with Gasteiger partial charge in [-0.25, -0.2) is 0 Å². The molecule has 0 bridgehead atoms. The summed E-state index contributed by atoms with van der Waals surface area (Å²) in [5.41, 5.74) is 10.1. The van der Waals surface area contributed by atoms with Crippen LogP contribution < -0.4 is 11.1 Å². The zero-order valence-corrected chi connectivity index (χ0v) is 14.0. The van der Waals surface area contributed by atoms with Crippen LogP contribution in [0, 0.1) is 0 Å². The van der Waals surface area contributed by atoms with Crippen LogP contribution in [-0.4, -0.2) is 25.1 Å². The highest BCUT2D eigenvalue weighted by Gasteiger charge is 2.14. The van der Waals surface area contributed by atoms with Gasteiger partial charge >= 0.3 is 0 Å². The number of Topliss-reactive ketones (excluding diaryl/α,β-unsaturated/α-hetero) is 1.